The second kappa shape index (κ2) is 9.04. The topological polar surface area (TPSA) is 63.6 Å². The van der Waals surface area contributed by atoms with E-state index < -0.39 is 0 Å². The predicted octanol–water partition coefficient (Wildman–Crippen LogP) is 2.89. The van der Waals surface area contributed by atoms with Gasteiger partial charge in [-0.1, -0.05) is 42.5 Å². The first-order chi connectivity index (χ1) is 15.0. The van der Waals surface area contributed by atoms with Crippen LogP contribution in [0.25, 0.3) is 10.9 Å². The molecule has 6 nitrogen and oxygen atoms in total. The molecule has 0 saturated carbocycles. The van der Waals surface area contributed by atoms with Crippen LogP contribution in [0.15, 0.2) is 65.6 Å². The third-order valence-electron chi connectivity index (χ3n) is 5.98. The molecule has 3 aromatic rings. The minimum absolute atomic E-state index is 0.174. The van der Waals surface area contributed by atoms with Gasteiger partial charge in [0.1, 0.15) is 5.56 Å². The summed E-state index contributed by atoms with van der Waals surface area (Å²) < 4.78 is 7.42. The van der Waals surface area contributed by atoms with Crippen LogP contribution in [0.2, 0.25) is 0 Å². The summed E-state index contributed by atoms with van der Waals surface area (Å²) in [6.45, 7) is 8.32. The first kappa shape index (κ1) is 21.3. The Morgan fingerprint density at radius 2 is 1.71 bits per heavy atom. The minimum Gasteiger partial charge on any atom is -0.379 e. The maximum Gasteiger partial charge on any atom is 0.256 e. The molecule has 162 valence electrons. The van der Waals surface area contributed by atoms with Crippen molar-refractivity contribution in [2.24, 2.45) is 0 Å². The molecule has 1 aliphatic rings. The fourth-order valence-corrected chi connectivity index (χ4v) is 4.09. The van der Waals surface area contributed by atoms with E-state index in [0.29, 0.717) is 31.7 Å². The van der Waals surface area contributed by atoms with Crippen LogP contribution in [0.5, 0.6) is 0 Å². The second-order valence-corrected chi connectivity index (χ2v) is 8.60. The Balaban J connectivity index is 1.61. The Kier molecular flexibility index (Phi) is 6.20. The van der Waals surface area contributed by atoms with Gasteiger partial charge in [0.2, 0.25) is 5.43 Å². The minimum atomic E-state index is -0.334. The summed E-state index contributed by atoms with van der Waals surface area (Å²) in [5.41, 5.74) is 1.64. The molecule has 1 amide bonds. The molecule has 6 heteroatoms. The molecular formula is C25H29N3O3. The molecule has 0 bridgehead atoms. The van der Waals surface area contributed by atoms with Gasteiger partial charge in [0.15, 0.2) is 0 Å². The van der Waals surface area contributed by atoms with Gasteiger partial charge < -0.3 is 14.6 Å². The second-order valence-electron chi connectivity index (χ2n) is 8.60. The Bertz CT molecular complexity index is 1120. The molecular weight excluding hydrogens is 390 g/mol. The summed E-state index contributed by atoms with van der Waals surface area (Å²) in [7, 11) is 0. The number of amides is 1. The third kappa shape index (κ3) is 4.70. The molecule has 0 radical (unpaired) electrons. The SMILES string of the molecule is CC(C)(CNC(=O)c1cn(Cc2ccccc2)c2ccccc2c1=O)N1CCOCC1. The van der Waals surface area contributed by atoms with E-state index in [1.807, 2.05) is 53.1 Å². The maximum absolute atomic E-state index is 13.1. The van der Waals surface area contributed by atoms with Crippen molar-refractivity contribution in [3.05, 3.63) is 82.1 Å². The van der Waals surface area contributed by atoms with Crippen LogP contribution in [0.3, 0.4) is 0 Å². The molecule has 31 heavy (non-hydrogen) atoms. The fourth-order valence-electron chi connectivity index (χ4n) is 4.09. The number of benzene rings is 2. The number of hydrogen-bond acceptors (Lipinski definition) is 4. The maximum atomic E-state index is 13.1. The molecule has 1 aromatic heterocycles. The number of morpholine rings is 1. The lowest BCUT2D eigenvalue weighted by molar-refractivity contribution is -0.00923. The van der Waals surface area contributed by atoms with Crippen LogP contribution >= 0.6 is 0 Å². The number of nitrogens with one attached hydrogen (secondary N) is 1. The number of nitrogens with zero attached hydrogens (tertiary/aromatic N) is 2. The zero-order valence-electron chi connectivity index (χ0n) is 18.1. The van der Waals surface area contributed by atoms with Crippen LogP contribution < -0.4 is 10.7 Å². The lowest BCUT2D eigenvalue weighted by Gasteiger charge is -2.40. The van der Waals surface area contributed by atoms with Crippen LogP contribution in [-0.4, -0.2) is 53.8 Å². The zero-order chi connectivity index (χ0) is 21.8. The number of rotatable bonds is 6. The summed E-state index contributed by atoms with van der Waals surface area (Å²) in [5, 5.41) is 3.55. The Hall–Kier alpha value is -2.96. The van der Waals surface area contributed by atoms with Crippen molar-refractivity contribution >= 4 is 16.8 Å². The average molecular weight is 420 g/mol. The van der Waals surface area contributed by atoms with Crippen LogP contribution in [0.1, 0.15) is 29.8 Å². The Labute approximate surface area is 182 Å². The van der Waals surface area contributed by atoms with Crippen molar-refractivity contribution < 1.29 is 9.53 Å². The molecule has 2 heterocycles. The van der Waals surface area contributed by atoms with Crippen LogP contribution in [0.4, 0.5) is 0 Å². The van der Waals surface area contributed by atoms with Gasteiger partial charge in [-0.3, -0.25) is 14.5 Å². The molecule has 1 fully saturated rings. The standard InChI is InChI=1S/C25H29N3O3/c1-25(2,28-12-14-31-15-13-28)18-26-24(30)21-17-27(16-19-8-4-3-5-9-19)22-11-7-6-10-20(22)23(21)29/h3-11,17H,12-16,18H2,1-2H3,(H,26,30). The highest BCUT2D eigenvalue weighted by Crippen LogP contribution is 2.17. The number of hydrogen-bond donors (Lipinski definition) is 1. The molecule has 2 aromatic carbocycles. The van der Waals surface area contributed by atoms with Gasteiger partial charge in [-0.15, -0.1) is 0 Å². The van der Waals surface area contributed by atoms with E-state index in [-0.39, 0.29) is 22.4 Å². The molecule has 0 unspecified atom stereocenters. The number of ether oxygens (including phenoxy) is 1. The summed E-state index contributed by atoms with van der Waals surface area (Å²) >= 11 is 0. The first-order valence-corrected chi connectivity index (χ1v) is 10.7. The van der Waals surface area contributed by atoms with E-state index in [0.717, 1.165) is 24.2 Å². The van der Waals surface area contributed by atoms with E-state index in [4.69, 9.17) is 4.74 Å². The summed E-state index contributed by atoms with van der Waals surface area (Å²) in [4.78, 5) is 28.5. The zero-order valence-corrected chi connectivity index (χ0v) is 18.1. The third-order valence-corrected chi connectivity index (χ3v) is 5.98. The van der Waals surface area contributed by atoms with Crippen molar-refractivity contribution in [1.82, 2.24) is 14.8 Å². The van der Waals surface area contributed by atoms with Crippen molar-refractivity contribution in [3.8, 4) is 0 Å². The van der Waals surface area contributed by atoms with Gasteiger partial charge in [0.05, 0.1) is 18.7 Å². The summed E-state index contributed by atoms with van der Waals surface area (Å²) in [6, 6.07) is 17.5. The lowest BCUT2D eigenvalue weighted by Crippen LogP contribution is -2.55. The summed E-state index contributed by atoms with van der Waals surface area (Å²) in [6.07, 6.45) is 1.69. The van der Waals surface area contributed by atoms with Gasteiger partial charge in [-0.05, 0) is 31.5 Å². The first-order valence-electron chi connectivity index (χ1n) is 10.7. The van der Waals surface area contributed by atoms with E-state index in [1.165, 1.54) is 0 Å². The van der Waals surface area contributed by atoms with E-state index in [2.05, 4.69) is 24.1 Å². The van der Waals surface area contributed by atoms with Gasteiger partial charge in [-0.25, -0.2) is 0 Å². The van der Waals surface area contributed by atoms with Gasteiger partial charge in [-0.2, -0.15) is 0 Å². The molecule has 1 saturated heterocycles. The van der Waals surface area contributed by atoms with E-state index in [1.54, 1.807) is 12.3 Å². The number of fused-ring (bicyclic) bond motifs is 1. The smallest absolute Gasteiger partial charge is 0.256 e. The lowest BCUT2D eigenvalue weighted by atomic mass is 10.0. The summed E-state index contributed by atoms with van der Waals surface area (Å²) in [5.74, 6) is -0.334. The van der Waals surface area contributed by atoms with Crippen LogP contribution in [-0.2, 0) is 11.3 Å². The molecule has 4 rings (SSSR count). The number of carbonyl (C=O) groups excluding carboxylic acids is 1. The highest BCUT2D eigenvalue weighted by Gasteiger charge is 2.29. The number of para-hydroxylation sites is 1. The number of pyridine rings is 1. The van der Waals surface area contributed by atoms with Crippen molar-refractivity contribution in [1.29, 1.82) is 0 Å². The van der Waals surface area contributed by atoms with Crippen molar-refractivity contribution in [2.45, 2.75) is 25.9 Å². The quantitative estimate of drug-likeness (QED) is 0.667. The Morgan fingerprint density at radius 1 is 1.03 bits per heavy atom. The highest BCUT2D eigenvalue weighted by atomic mass is 16.5. The van der Waals surface area contributed by atoms with Gasteiger partial charge >= 0.3 is 0 Å². The van der Waals surface area contributed by atoms with Crippen LogP contribution in [0, 0.1) is 0 Å². The number of carbonyl (C=O) groups is 1. The molecule has 0 atom stereocenters. The van der Waals surface area contributed by atoms with Gasteiger partial charge in [0.25, 0.3) is 5.91 Å². The highest BCUT2D eigenvalue weighted by molar-refractivity contribution is 5.97. The molecule has 0 spiro atoms. The normalized spacial score (nSPS) is 15.2. The molecule has 0 aliphatic carbocycles. The molecule has 1 aliphatic heterocycles. The van der Waals surface area contributed by atoms with E-state index in [9.17, 15) is 9.59 Å². The largest absolute Gasteiger partial charge is 0.379 e. The monoisotopic (exact) mass is 419 g/mol. The Morgan fingerprint density at radius 3 is 2.45 bits per heavy atom. The van der Waals surface area contributed by atoms with E-state index >= 15 is 0 Å². The molecule has 1 N–H and O–H groups in total. The average Bonchev–Trinajstić information content (AvgIpc) is 2.81. The predicted molar refractivity (Wildman–Crippen MR) is 123 cm³/mol. The van der Waals surface area contributed by atoms with Crippen molar-refractivity contribution in [2.75, 3.05) is 32.8 Å². The van der Waals surface area contributed by atoms with Gasteiger partial charge in [0, 0.05) is 43.3 Å². The fraction of sp³-hybridized carbons (Fsp3) is 0.360. The number of aromatic nitrogens is 1. The van der Waals surface area contributed by atoms with Crippen molar-refractivity contribution in [3.63, 3.8) is 0 Å².